The third-order valence-electron chi connectivity index (χ3n) is 3.62. The molecular formula is C17H30N2. The standard InChI is InChI=1S/C17H30N2/c1-13-8-15(3)16(9-14(13)2)10-18-11-17(4,5)12-19(6)7/h8-9,18H,10-12H2,1-7H3. The molecule has 0 fully saturated rings. The molecule has 1 rings (SSSR count). The van der Waals surface area contributed by atoms with Gasteiger partial charge in [0.2, 0.25) is 0 Å². The molecule has 2 nitrogen and oxygen atoms in total. The molecule has 0 aromatic heterocycles. The van der Waals surface area contributed by atoms with Crippen LogP contribution in [0.4, 0.5) is 0 Å². The average molecular weight is 262 g/mol. The Bertz CT molecular complexity index is 420. The molecule has 0 aliphatic rings. The lowest BCUT2D eigenvalue weighted by Gasteiger charge is -2.28. The van der Waals surface area contributed by atoms with Crippen LogP contribution < -0.4 is 5.32 Å². The van der Waals surface area contributed by atoms with E-state index in [1.165, 1.54) is 22.3 Å². The van der Waals surface area contributed by atoms with Crippen LogP contribution in [0.1, 0.15) is 36.1 Å². The lowest BCUT2D eigenvalue weighted by atomic mass is 9.92. The van der Waals surface area contributed by atoms with Crippen LogP contribution >= 0.6 is 0 Å². The van der Waals surface area contributed by atoms with E-state index in [0.29, 0.717) is 5.41 Å². The third-order valence-corrected chi connectivity index (χ3v) is 3.62. The highest BCUT2D eigenvalue weighted by Crippen LogP contribution is 2.17. The normalized spacial score (nSPS) is 12.2. The maximum absolute atomic E-state index is 3.61. The van der Waals surface area contributed by atoms with Gasteiger partial charge in [0.15, 0.2) is 0 Å². The zero-order valence-corrected chi connectivity index (χ0v) is 13.7. The van der Waals surface area contributed by atoms with Gasteiger partial charge in [0.25, 0.3) is 0 Å². The van der Waals surface area contributed by atoms with Crippen molar-refractivity contribution < 1.29 is 0 Å². The Labute approximate surface area is 119 Å². The Morgan fingerprint density at radius 1 is 1.00 bits per heavy atom. The fourth-order valence-corrected chi connectivity index (χ4v) is 2.66. The van der Waals surface area contributed by atoms with Crippen molar-refractivity contribution in [2.24, 2.45) is 5.41 Å². The minimum Gasteiger partial charge on any atom is -0.312 e. The van der Waals surface area contributed by atoms with Gasteiger partial charge >= 0.3 is 0 Å². The van der Waals surface area contributed by atoms with Gasteiger partial charge in [-0.1, -0.05) is 26.0 Å². The molecule has 0 radical (unpaired) electrons. The molecule has 1 N–H and O–H groups in total. The van der Waals surface area contributed by atoms with Crippen LogP contribution in [0.2, 0.25) is 0 Å². The maximum atomic E-state index is 3.61. The molecule has 0 unspecified atom stereocenters. The van der Waals surface area contributed by atoms with Crippen LogP contribution in [0.25, 0.3) is 0 Å². The fraction of sp³-hybridized carbons (Fsp3) is 0.647. The molecule has 0 saturated heterocycles. The molecule has 0 aliphatic carbocycles. The van der Waals surface area contributed by atoms with E-state index in [1.807, 2.05) is 0 Å². The summed E-state index contributed by atoms with van der Waals surface area (Å²) in [6, 6.07) is 4.61. The number of aryl methyl sites for hydroxylation is 3. The van der Waals surface area contributed by atoms with Gasteiger partial charge in [0.05, 0.1) is 0 Å². The minimum atomic E-state index is 0.303. The van der Waals surface area contributed by atoms with Crippen molar-refractivity contribution in [3.63, 3.8) is 0 Å². The zero-order chi connectivity index (χ0) is 14.6. The molecule has 0 amide bonds. The average Bonchev–Trinajstić information content (AvgIpc) is 2.23. The number of nitrogens with one attached hydrogen (secondary N) is 1. The predicted molar refractivity (Wildman–Crippen MR) is 84.7 cm³/mol. The van der Waals surface area contributed by atoms with Crippen LogP contribution in [0, 0.1) is 26.2 Å². The molecule has 108 valence electrons. The molecule has 0 aliphatic heterocycles. The molecule has 0 bridgehead atoms. The monoisotopic (exact) mass is 262 g/mol. The molecule has 0 atom stereocenters. The molecule has 0 heterocycles. The summed E-state index contributed by atoms with van der Waals surface area (Å²) in [5, 5.41) is 3.61. The van der Waals surface area contributed by atoms with Crippen molar-refractivity contribution in [2.75, 3.05) is 27.2 Å². The Kier molecular flexibility index (Phi) is 5.57. The highest BCUT2D eigenvalue weighted by atomic mass is 15.1. The van der Waals surface area contributed by atoms with Crippen molar-refractivity contribution in [1.29, 1.82) is 0 Å². The van der Waals surface area contributed by atoms with Crippen molar-refractivity contribution in [3.05, 3.63) is 34.4 Å². The van der Waals surface area contributed by atoms with Gasteiger partial charge in [0, 0.05) is 19.6 Å². The molecule has 0 spiro atoms. The van der Waals surface area contributed by atoms with E-state index in [2.05, 4.69) is 71.1 Å². The summed E-state index contributed by atoms with van der Waals surface area (Å²) in [5.74, 6) is 0. The molecule has 1 aromatic rings. The number of rotatable bonds is 6. The van der Waals surface area contributed by atoms with Crippen molar-refractivity contribution >= 4 is 0 Å². The van der Waals surface area contributed by atoms with Crippen LogP contribution in [-0.4, -0.2) is 32.1 Å². The lowest BCUT2D eigenvalue weighted by Crippen LogP contribution is -2.37. The lowest BCUT2D eigenvalue weighted by molar-refractivity contribution is 0.232. The second-order valence-corrected chi connectivity index (χ2v) is 6.87. The SMILES string of the molecule is Cc1cc(C)c(CNCC(C)(C)CN(C)C)cc1C. The Morgan fingerprint density at radius 2 is 1.58 bits per heavy atom. The van der Waals surface area contributed by atoms with E-state index in [0.717, 1.165) is 19.6 Å². The summed E-state index contributed by atoms with van der Waals surface area (Å²) < 4.78 is 0. The summed E-state index contributed by atoms with van der Waals surface area (Å²) in [6.07, 6.45) is 0. The first kappa shape index (κ1) is 16.2. The highest BCUT2D eigenvalue weighted by molar-refractivity contribution is 5.36. The van der Waals surface area contributed by atoms with Crippen LogP contribution in [0.5, 0.6) is 0 Å². The zero-order valence-electron chi connectivity index (χ0n) is 13.7. The van der Waals surface area contributed by atoms with Gasteiger partial charge in [-0.2, -0.15) is 0 Å². The van der Waals surface area contributed by atoms with E-state index >= 15 is 0 Å². The molecule has 2 heteroatoms. The van der Waals surface area contributed by atoms with Crippen molar-refractivity contribution in [1.82, 2.24) is 10.2 Å². The summed E-state index contributed by atoms with van der Waals surface area (Å²) in [5.41, 5.74) is 5.88. The van der Waals surface area contributed by atoms with E-state index in [-0.39, 0.29) is 0 Å². The summed E-state index contributed by atoms with van der Waals surface area (Å²) >= 11 is 0. The minimum absolute atomic E-state index is 0.303. The van der Waals surface area contributed by atoms with E-state index < -0.39 is 0 Å². The van der Waals surface area contributed by atoms with Crippen LogP contribution in [-0.2, 0) is 6.54 Å². The second-order valence-electron chi connectivity index (χ2n) is 6.87. The summed E-state index contributed by atoms with van der Waals surface area (Å²) in [7, 11) is 4.27. The van der Waals surface area contributed by atoms with Gasteiger partial charge < -0.3 is 10.2 Å². The Balaban J connectivity index is 2.56. The number of hydrogen-bond acceptors (Lipinski definition) is 2. The fourth-order valence-electron chi connectivity index (χ4n) is 2.66. The Morgan fingerprint density at radius 3 is 2.16 bits per heavy atom. The topological polar surface area (TPSA) is 15.3 Å². The largest absolute Gasteiger partial charge is 0.312 e. The number of nitrogens with zero attached hydrogens (tertiary/aromatic N) is 1. The molecule has 1 aromatic carbocycles. The van der Waals surface area contributed by atoms with E-state index in [9.17, 15) is 0 Å². The third kappa shape index (κ3) is 5.33. The van der Waals surface area contributed by atoms with Gasteiger partial charge in [-0.15, -0.1) is 0 Å². The summed E-state index contributed by atoms with van der Waals surface area (Å²) in [4.78, 5) is 2.25. The first-order valence-electron chi connectivity index (χ1n) is 7.13. The Hall–Kier alpha value is -0.860. The van der Waals surface area contributed by atoms with E-state index in [4.69, 9.17) is 0 Å². The number of hydrogen-bond donors (Lipinski definition) is 1. The summed E-state index contributed by atoms with van der Waals surface area (Å²) in [6.45, 7) is 14.3. The highest BCUT2D eigenvalue weighted by Gasteiger charge is 2.18. The second kappa shape index (κ2) is 6.53. The smallest absolute Gasteiger partial charge is 0.0208 e. The van der Waals surface area contributed by atoms with Crippen LogP contribution in [0.15, 0.2) is 12.1 Å². The van der Waals surface area contributed by atoms with E-state index in [1.54, 1.807) is 0 Å². The van der Waals surface area contributed by atoms with Crippen LogP contribution in [0.3, 0.4) is 0 Å². The quantitative estimate of drug-likeness (QED) is 0.846. The van der Waals surface area contributed by atoms with Gasteiger partial charge in [-0.25, -0.2) is 0 Å². The predicted octanol–water partition coefficient (Wildman–Crippen LogP) is 3.29. The molecular weight excluding hydrogens is 232 g/mol. The first-order chi connectivity index (χ1) is 8.71. The first-order valence-corrected chi connectivity index (χ1v) is 7.13. The van der Waals surface area contributed by atoms with Gasteiger partial charge in [-0.3, -0.25) is 0 Å². The van der Waals surface area contributed by atoms with Gasteiger partial charge in [-0.05, 0) is 62.5 Å². The number of benzene rings is 1. The maximum Gasteiger partial charge on any atom is 0.0208 e. The molecule has 0 saturated carbocycles. The van der Waals surface area contributed by atoms with Gasteiger partial charge in [0.1, 0.15) is 0 Å². The van der Waals surface area contributed by atoms with Crippen molar-refractivity contribution in [2.45, 2.75) is 41.2 Å². The molecule has 19 heavy (non-hydrogen) atoms. The van der Waals surface area contributed by atoms with Crippen molar-refractivity contribution in [3.8, 4) is 0 Å².